The molecule has 0 aliphatic rings. The molecule has 0 atom stereocenters. The fourth-order valence-corrected chi connectivity index (χ4v) is 1.55. The van der Waals surface area contributed by atoms with E-state index in [0.29, 0.717) is 12.3 Å². The number of oxime groups is 1. The molecular weight excluding hydrogens is 266 g/mol. The summed E-state index contributed by atoms with van der Waals surface area (Å²) < 4.78 is 31.4. The molecule has 104 valence electrons. The van der Waals surface area contributed by atoms with Crippen LogP contribution in [0, 0.1) is 11.6 Å². The van der Waals surface area contributed by atoms with E-state index < -0.39 is 11.6 Å². The number of ether oxygens (including phenoxy) is 1. The van der Waals surface area contributed by atoms with Gasteiger partial charge in [-0.1, -0.05) is 6.07 Å². The Morgan fingerprint density at radius 3 is 2.75 bits per heavy atom. The third-order valence-electron chi connectivity index (χ3n) is 2.60. The Balaban J connectivity index is 1.96. The minimum atomic E-state index is -0.652. The maximum Gasteiger partial charge on any atom is 0.213 e. The predicted molar refractivity (Wildman–Crippen MR) is 68.9 cm³/mol. The summed E-state index contributed by atoms with van der Waals surface area (Å²) in [5, 5.41) is 11.2. The van der Waals surface area contributed by atoms with Gasteiger partial charge in [-0.25, -0.2) is 13.8 Å². The highest BCUT2D eigenvalue weighted by molar-refractivity contribution is 5.60. The van der Waals surface area contributed by atoms with Crippen LogP contribution < -0.4 is 4.74 Å². The van der Waals surface area contributed by atoms with E-state index >= 15 is 0 Å². The molecule has 2 rings (SSSR count). The van der Waals surface area contributed by atoms with E-state index in [1.807, 2.05) is 0 Å². The molecule has 0 aliphatic heterocycles. The largest absolute Gasteiger partial charge is 0.473 e. The summed E-state index contributed by atoms with van der Waals surface area (Å²) >= 11 is 0. The minimum absolute atomic E-state index is 0.0312. The zero-order chi connectivity index (χ0) is 14.4. The van der Waals surface area contributed by atoms with Crippen LogP contribution in [-0.4, -0.2) is 16.4 Å². The van der Waals surface area contributed by atoms with Crippen molar-refractivity contribution in [3.05, 3.63) is 59.3 Å². The van der Waals surface area contributed by atoms with Gasteiger partial charge in [-0.05, 0) is 17.7 Å². The van der Waals surface area contributed by atoms with Crippen molar-refractivity contribution >= 4 is 6.21 Å². The smallest absolute Gasteiger partial charge is 0.213 e. The molecule has 0 bridgehead atoms. The molecule has 1 N–H and O–H groups in total. The maximum absolute atomic E-state index is 13.4. The highest BCUT2D eigenvalue weighted by Crippen LogP contribution is 2.14. The van der Waals surface area contributed by atoms with Gasteiger partial charge in [-0.2, -0.15) is 0 Å². The van der Waals surface area contributed by atoms with Crippen LogP contribution in [0.3, 0.4) is 0 Å². The molecule has 2 aromatic rings. The molecule has 0 unspecified atom stereocenters. The number of halogens is 2. The van der Waals surface area contributed by atoms with Crippen LogP contribution in [0.1, 0.15) is 11.1 Å². The molecule has 0 spiro atoms. The zero-order valence-corrected chi connectivity index (χ0v) is 10.5. The van der Waals surface area contributed by atoms with Gasteiger partial charge in [0, 0.05) is 36.5 Å². The monoisotopic (exact) mass is 278 g/mol. The van der Waals surface area contributed by atoms with Gasteiger partial charge in [0.05, 0.1) is 0 Å². The first-order valence-corrected chi connectivity index (χ1v) is 5.86. The quantitative estimate of drug-likeness (QED) is 0.519. The van der Waals surface area contributed by atoms with Crippen LogP contribution in [0.4, 0.5) is 8.78 Å². The molecular formula is C14H12F2N2O2. The van der Waals surface area contributed by atoms with Gasteiger partial charge in [0.15, 0.2) is 0 Å². The molecule has 0 amide bonds. The van der Waals surface area contributed by atoms with Crippen molar-refractivity contribution in [3.8, 4) is 5.88 Å². The molecule has 1 aromatic heterocycles. The van der Waals surface area contributed by atoms with Crippen molar-refractivity contribution in [3.63, 3.8) is 0 Å². The maximum atomic E-state index is 13.4. The van der Waals surface area contributed by atoms with Crippen LogP contribution in [-0.2, 0) is 13.0 Å². The molecule has 6 heteroatoms. The standard InChI is InChI=1S/C14H12F2N2O2/c15-12-3-2-11(13(16)7-12)9-20-14-4-1-10(8-17-14)5-6-18-19/h1-4,6-8,19H,5,9H2. The number of benzene rings is 1. The van der Waals surface area contributed by atoms with Crippen LogP contribution >= 0.6 is 0 Å². The first-order chi connectivity index (χ1) is 9.69. The van der Waals surface area contributed by atoms with Gasteiger partial charge in [0.25, 0.3) is 0 Å². The molecule has 1 aromatic carbocycles. The Labute approximate surface area is 114 Å². The average molecular weight is 278 g/mol. The summed E-state index contributed by atoms with van der Waals surface area (Å²) in [5.41, 5.74) is 1.10. The first-order valence-electron chi connectivity index (χ1n) is 5.86. The van der Waals surface area contributed by atoms with E-state index in [1.54, 1.807) is 18.3 Å². The van der Waals surface area contributed by atoms with Gasteiger partial charge in [0.2, 0.25) is 5.88 Å². The number of rotatable bonds is 5. The number of nitrogens with zero attached hydrogens (tertiary/aromatic N) is 2. The Kier molecular flexibility index (Phi) is 4.60. The highest BCUT2D eigenvalue weighted by Gasteiger charge is 2.05. The second-order valence-electron chi connectivity index (χ2n) is 4.03. The van der Waals surface area contributed by atoms with Gasteiger partial charge in [0.1, 0.15) is 18.2 Å². The molecule has 1 heterocycles. The second kappa shape index (κ2) is 6.60. The molecule has 20 heavy (non-hydrogen) atoms. The van der Waals surface area contributed by atoms with Crippen molar-refractivity contribution in [2.75, 3.05) is 0 Å². The Morgan fingerprint density at radius 1 is 1.25 bits per heavy atom. The van der Waals surface area contributed by atoms with E-state index in [0.717, 1.165) is 11.6 Å². The topological polar surface area (TPSA) is 54.7 Å². The minimum Gasteiger partial charge on any atom is -0.473 e. The normalized spacial score (nSPS) is 10.9. The van der Waals surface area contributed by atoms with Crippen molar-refractivity contribution in [2.45, 2.75) is 13.0 Å². The third-order valence-corrected chi connectivity index (χ3v) is 2.60. The lowest BCUT2D eigenvalue weighted by Gasteiger charge is -2.06. The number of pyridine rings is 1. The molecule has 0 radical (unpaired) electrons. The molecule has 0 aliphatic carbocycles. The van der Waals surface area contributed by atoms with E-state index in [1.165, 1.54) is 18.3 Å². The summed E-state index contributed by atoms with van der Waals surface area (Å²) in [6.45, 7) is -0.0312. The van der Waals surface area contributed by atoms with Crippen LogP contribution in [0.2, 0.25) is 0 Å². The van der Waals surface area contributed by atoms with Crippen LogP contribution in [0.15, 0.2) is 41.7 Å². The van der Waals surface area contributed by atoms with E-state index in [4.69, 9.17) is 9.94 Å². The molecule has 4 nitrogen and oxygen atoms in total. The van der Waals surface area contributed by atoms with E-state index in [9.17, 15) is 8.78 Å². The van der Waals surface area contributed by atoms with Gasteiger partial charge in [-0.3, -0.25) is 0 Å². The third kappa shape index (κ3) is 3.74. The summed E-state index contributed by atoms with van der Waals surface area (Å²) in [6.07, 6.45) is 3.36. The number of hydrogen-bond acceptors (Lipinski definition) is 4. The summed E-state index contributed by atoms with van der Waals surface area (Å²) in [6, 6.07) is 6.69. The molecule has 0 fully saturated rings. The first kappa shape index (κ1) is 13.9. The summed E-state index contributed by atoms with van der Waals surface area (Å²) in [7, 11) is 0. The summed E-state index contributed by atoms with van der Waals surface area (Å²) in [5.74, 6) is -0.946. The lowest BCUT2D eigenvalue weighted by molar-refractivity contribution is 0.287. The fraction of sp³-hybridized carbons (Fsp3) is 0.143. The molecule has 0 saturated heterocycles. The van der Waals surface area contributed by atoms with Crippen LogP contribution in [0.25, 0.3) is 0 Å². The Hall–Kier alpha value is -2.50. The van der Waals surface area contributed by atoms with Crippen molar-refractivity contribution in [1.29, 1.82) is 0 Å². The average Bonchev–Trinajstić information content (AvgIpc) is 2.45. The zero-order valence-electron chi connectivity index (χ0n) is 10.5. The van der Waals surface area contributed by atoms with Gasteiger partial charge in [-0.15, -0.1) is 5.16 Å². The number of aromatic nitrogens is 1. The van der Waals surface area contributed by atoms with Gasteiger partial charge < -0.3 is 9.94 Å². The van der Waals surface area contributed by atoms with E-state index in [-0.39, 0.29) is 12.2 Å². The SMILES string of the molecule is ON=CCc1ccc(OCc2ccc(F)cc2F)nc1. The van der Waals surface area contributed by atoms with E-state index in [2.05, 4.69) is 10.1 Å². The number of hydrogen-bond donors (Lipinski definition) is 1. The van der Waals surface area contributed by atoms with Crippen LogP contribution in [0.5, 0.6) is 5.88 Å². The van der Waals surface area contributed by atoms with Crippen molar-refractivity contribution in [2.24, 2.45) is 5.16 Å². The van der Waals surface area contributed by atoms with Crippen molar-refractivity contribution in [1.82, 2.24) is 4.98 Å². The fourth-order valence-electron chi connectivity index (χ4n) is 1.55. The second-order valence-corrected chi connectivity index (χ2v) is 4.03. The Bertz CT molecular complexity index is 601. The van der Waals surface area contributed by atoms with Crippen molar-refractivity contribution < 1.29 is 18.7 Å². The highest BCUT2D eigenvalue weighted by atomic mass is 19.1. The van der Waals surface area contributed by atoms with Gasteiger partial charge >= 0.3 is 0 Å². The predicted octanol–water partition coefficient (Wildman–Crippen LogP) is 2.94. The summed E-state index contributed by atoms with van der Waals surface area (Å²) in [4.78, 5) is 4.03. The lowest BCUT2D eigenvalue weighted by Crippen LogP contribution is -2.00. The molecule has 0 saturated carbocycles. The Morgan fingerprint density at radius 2 is 2.10 bits per heavy atom. The lowest BCUT2D eigenvalue weighted by atomic mass is 10.2.